The van der Waals surface area contributed by atoms with Crippen LogP contribution < -0.4 is 11.5 Å². The van der Waals surface area contributed by atoms with Crippen molar-refractivity contribution >= 4 is 36.8 Å². The van der Waals surface area contributed by atoms with Crippen LogP contribution in [0.1, 0.15) is 59.0 Å². The van der Waals surface area contributed by atoms with Crippen molar-refractivity contribution in [2.24, 2.45) is 11.5 Å². The van der Waals surface area contributed by atoms with Crippen molar-refractivity contribution in [2.45, 2.75) is 36.8 Å². The van der Waals surface area contributed by atoms with Gasteiger partial charge in [0, 0.05) is 12.1 Å². The quantitative estimate of drug-likeness (QED) is 0.672. The maximum atomic E-state index is 11.4. The van der Waals surface area contributed by atoms with Crippen LogP contribution in [-0.4, -0.2) is 26.2 Å². The summed E-state index contributed by atoms with van der Waals surface area (Å²) in [5, 5.41) is 0. The molecule has 2 aliphatic rings. The van der Waals surface area contributed by atoms with Gasteiger partial charge < -0.3 is 20.9 Å². The van der Waals surface area contributed by atoms with Crippen LogP contribution in [-0.2, 0) is 19.1 Å². The van der Waals surface area contributed by atoms with Crippen LogP contribution in [0.5, 0.6) is 0 Å². The number of carbonyl (C=O) groups excluding carboxylic acids is 2. The predicted octanol–water partition coefficient (Wildman–Crippen LogP) is 3.54. The lowest BCUT2D eigenvalue weighted by Crippen LogP contribution is -2.12. The second kappa shape index (κ2) is 11.3. The molecule has 0 heterocycles. The second-order valence-electron chi connectivity index (χ2n) is 7.09. The number of esters is 2. The zero-order valence-electron chi connectivity index (χ0n) is 16.9. The first-order valence-corrected chi connectivity index (χ1v) is 9.32. The van der Waals surface area contributed by atoms with Gasteiger partial charge in [0.2, 0.25) is 0 Å². The predicted molar refractivity (Wildman–Crippen MR) is 120 cm³/mol. The van der Waals surface area contributed by atoms with E-state index in [0.29, 0.717) is 12.8 Å². The summed E-state index contributed by atoms with van der Waals surface area (Å²) in [6.45, 7) is 0. The first-order valence-electron chi connectivity index (χ1n) is 9.32. The highest BCUT2D eigenvalue weighted by Gasteiger charge is 2.34. The van der Waals surface area contributed by atoms with Crippen LogP contribution in [0.25, 0.3) is 0 Å². The van der Waals surface area contributed by atoms with Crippen molar-refractivity contribution in [3.05, 3.63) is 70.8 Å². The molecule has 0 unspecified atom stereocenters. The number of fused-ring (bicyclic) bond motifs is 2. The Bertz CT molecular complexity index is 806. The topological polar surface area (TPSA) is 105 Å². The van der Waals surface area contributed by atoms with E-state index in [9.17, 15) is 9.59 Å². The summed E-state index contributed by atoms with van der Waals surface area (Å²) in [7, 11) is 2.82. The molecule has 4 atom stereocenters. The zero-order chi connectivity index (χ0) is 20.3. The Morgan fingerprint density at radius 3 is 1.30 bits per heavy atom. The van der Waals surface area contributed by atoms with Gasteiger partial charge in [-0.15, -0.1) is 24.8 Å². The molecule has 2 aromatic carbocycles. The van der Waals surface area contributed by atoms with Crippen LogP contribution in [0.3, 0.4) is 0 Å². The Labute approximate surface area is 189 Å². The lowest BCUT2D eigenvalue weighted by atomic mass is 10.0. The molecule has 0 saturated carbocycles. The van der Waals surface area contributed by atoms with Gasteiger partial charge in [0.1, 0.15) is 0 Å². The first-order chi connectivity index (χ1) is 13.5. The number of carbonyl (C=O) groups is 2. The van der Waals surface area contributed by atoms with Crippen LogP contribution in [0.2, 0.25) is 0 Å². The number of ether oxygens (including phenoxy) is 2. The van der Waals surface area contributed by atoms with Crippen molar-refractivity contribution in [3.63, 3.8) is 0 Å². The van der Waals surface area contributed by atoms with Gasteiger partial charge in [-0.2, -0.15) is 0 Å². The summed E-state index contributed by atoms with van der Waals surface area (Å²) < 4.78 is 9.49. The Morgan fingerprint density at radius 2 is 1.00 bits per heavy atom. The summed E-state index contributed by atoms with van der Waals surface area (Å²) in [4.78, 5) is 22.9. The minimum atomic E-state index is -0.189. The highest BCUT2D eigenvalue weighted by atomic mass is 35.5. The minimum Gasteiger partial charge on any atom is -0.469 e. The zero-order valence-corrected chi connectivity index (χ0v) is 18.6. The smallest absolute Gasteiger partial charge is 0.313 e. The van der Waals surface area contributed by atoms with E-state index >= 15 is 0 Å². The molecular formula is C22H28Cl2N2O4. The number of benzene rings is 2. The van der Waals surface area contributed by atoms with Crippen molar-refractivity contribution in [2.75, 3.05) is 14.2 Å². The van der Waals surface area contributed by atoms with E-state index in [1.165, 1.54) is 14.2 Å². The molecule has 2 aliphatic carbocycles. The number of methoxy groups -OCH3 is 2. The van der Waals surface area contributed by atoms with E-state index < -0.39 is 0 Å². The molecule has 4 N–H and O–H groups in total. The number of hydrogen-bond donors (Lipinski definition) is 2. The van der Waals surface area contributed by atoms with E-state index in [0.717, 1.165) is 22.3 Å². The lowest BCUT2D eigenvalue weighted by molar-refractivity contribution is -0.143. The summed E-state index contributed by atoms with van der Waals surface area (Å²) in [6, 6.07) is 15.5. The standard InChI is InChI=1S/2C11H13NO2.2ClH/c2*1-14-11(13)9-6-10(12)8-5-3-2-4-7(8)9;;/h2*2-5,9-10H,6,12H2,1H3;2*1H/t2*9-,10+;;/m10../s1. The third-order valence-corrected chi connectivity index (χ3v) is 5.49. The fourth-order valence-corrected chi connectivity index (χ4v) is 4.08. The number of hydrogen-bond acceptors (Lipinski definition) is 6. The molecule has 8 heteroatoms. The monoisotopic (exact) mass is 454 g/mol. The first kappa shape index (κ1) is 25.9. The third-order valence-electron chi connectivity index (χ3n) is 5.49. The van der Waals surface area contributed by atoms with E-state index in [4.69, 9.17) is 20.9 Å². The van der Waals surface area contributed by atoms with Gasteiger partial charge in [-0.3, -0.25) is 9.59 Å². The van der Waals surface area contributed by atoms with Crippen molar-refractivity contribution in [1.82, 2.24) is 0 Å². The Balaban J connectivity index is 0.000000281. The van der Waals surface area contributed by atoms with Crippen molar-refractivity contribution < 1.29 is 19.1 Å². The molecule has 0 fully saturated rings. The third kappa shape index (κ3) is 5.13. The highest BCUT2D eigenvalue weighted by molar-refractivity contribution is 5.85. The van der Waals surface area contributed by atoms with Gasteiger partial charge in [0.15, 0.2) is 0 Å². The largest absolute Gasteiger partial charge is 0.469 e. The summed E-state index contributed by atoms with van der Waals surface area (Å²) >= 11 is 0. The maximum absolute atomic E-state index is 11.4. The van der Waals surface area contributed by atoms with Gasteiger partial charge >= 0.3 is 11.9 Å². The second-order valence-corrected chi connectivity index (χ2v) is 7.09. The summed E-state index contributed by atoms with van der Waals surface area (Å²) in [5.74, 6) is -0.729. The molecule has 4 rings (SSSR count). The molecule has 30 heavy (non-hydrogen) atoms. The SMILES string of the molecule is COC(=O)[C@@H]1C[C@H](N)c2ccccc21.COC(=O)[C@H]1C[C@@H](N)c2ccccc21.Cl.Cl. The fourth-order valence-electron chi connectivity index (χ4n) is 4.08. The molecule has 2 aromatic rings. The molecule has 0 amide bonds. The van der Waals surface area contributed by atoms with Gasteiger partial charge in [-0.05, 0) is 35.1 Å². The van der Waals surface area contributed by atoms with Gasteiger partial charge in [-0.25, -0.2) is 0 Å². The van der Waals surface area contributed by atoms with Gasteiger partial charge in [-0.1, -0.05) is 48.5 Å². The molecule has 0 aliphatic heterocycles. The van der Waals surface area contributed by atoms with Crippen LogP contribution >= 0.6 is 24.8 Å². The summed E-state index contributed by atoms with van der Waals surface area (Å²) in [5.41, 5.74) is 16.0. The van der Waals surface area contributed by atoms with Crippen LogP contribution in [0, 0.1) is 0 Å². The van der Waals surface area contributed by atoms with Crippen molar-refractivity contribution in [1.29, 1.82) is 0 Å². The Morgan fingerprint density at radius 1 is 0.700 bits per heavy atom. The normalized spacial score (nSPS) is 22.8. The molecular weight excluding hydrogens is 427 g/mol. The Hall–Kier alpha value is -2.12. The fraction of sp³-hybridized carbons (Fsp3) is 0.364. The highest BCUT2D eigenvalue weighted by Crippen LogP contribution is 2.40. The van der Waals surface area contributed by atoms with E-state index in [2.05, 4.69) is 0 Å². The van der Waals surface area contributed by atoms with Crippen molar-refractivity contribution in [3.8, 4) is 0 Å². The van der Waals surface area contributed by atoms with Gasteiger partial charge in [0.25, 0.3) is 0 Å². The Kier molecular flexibility index (Phi) is 9.78. The molecule has 0 bridgehead atoms. The number of rotatable bonds is 2. The molecule has 0 saturated heterocycles. The minimum absolute atomic E-state index is 0. The number of halogens is 2. The van der Waals surface area contributed by atoms with E-state index in [-0.39, 0.29) is 60.7 Å². The van der Waals surface area contributed by atoms with E-state index in [1.807, 2.05) is 48.5 Å². The number of nitrogens with two attached hydrogens (primary N) is 2. The average molecular weight is 455 g/mol. The maximum Gasteiger partial charge on any atom is 0.313 e. The molecule has 0 aromatic heterocycles. The van der Waals surface area contributed by atoms with E-state index in [1.54, 1.807) is 0 Å². The molecule has 0 radical (unpaired) electrons. The van der Waals surface area contributed by atoms with Crippen LogP contribution in [0.15, 0.2) is 48.5 Å². The summed E-state index contributed by atoms with van der Waals surface area (Å²) in [6.07, 6.45) is 1.32. The molecule has 0 spiro atoms. The molecule has 164 valence electrons. The van der Waals surface area contributed by atoms with Crippen LogP contribution in [0.4, 0.5) is 0 Å². The average Bonchev–Trinajstić information content (AvgIpc) is 3.25. The lowest BCUT2D eigenvalue weighted by Gasteiger charge is -2.07. The molecule has 6 nitrogen and oxygen atoms in total. The van der Waals surface area contributed by atoms with Gasteiger partial charge in [0.05, 0.1) is 26.1 Å².